The monoisotopic (exact) mass is 673 g/mol. The minimum atomic E-state index is -0.901. The fourth-order valence-corrected chi connectivity index (χ4v) is 6.19. The molecule has 2 heterocycles. The molecule has 1 fully saturated rings. The smallest absolute Gasteiger partial charge is 0.266 e. The Morgan fingerprint density at radius 2 is 1.79 bits per heavy atom. The Hall–Kier alpha value is -4.09. The molecule has 1 aliphatic heterocycles. The number of hydrogen-bond donors (Lipinski definition) is 3. The average molecular weight is 674 g/mol. The number of carbonyl (C=O) groups is 3. The van der Waals surface area contributed by atoms with Crippen LogP contribution in [-0.2, 0) is 27.4 Å². The van der Waals surface area contributed by atoms with Crippen LogP contribution in [0.4, 0.5) is 0 Å². The number of oxazole rings is 1. The van der Waals surface area contributed by atoms with E-state index in [1.165, 1.54) is 0 Å². The number of hydrogen-bond acceptors (Lipinski definition) is 8. The lowest BCUT2D eigenvalue weighted by Gasteiger charge is -2.29. The van der Waals surface area contributed by atoms with Crippen molar-refractivity contribution in [2.45, 2.75) is 76.3 Å². The minimum absolute atomic E-state index is 0.0617. The first-order valence-corrected chi connectivity index (χ1v) is 16.9. The SMILES string of the molecule is CN[C@H](CCc1ccccc1)C(=O)N1C[C@H](OCc2ccc(Cl)cc2)C[C@H]1C(=O)N[C@@H](CCCCN)C(=O)c1nc2ccc(C)cc2o1. The maximum absolute atomic E-state index is 14.1. The number of ether oxygens (including phenoxy) is 1. The molecule has 0 radical (unpaired) electrons. The van der Waals surface area contributed by atoms with Gasteiger partial charge in [0.25, 0.3) is 5.89 Å². The van der Waals surface area contributed by atoms with E-state index in [-0.39, 0.29) is 24.8 Å². The molecule has 4 N–H and O–H groups in total. The average Bonchev–Trinajstić information content (AvgIpc) is 3.72. The van der Waals surface area contributed by atoms with Gasteiger partial charge in [0.1, 0.15) is 11.6 Å². The third kappa shape index (κ3) is 9.08. The van der Waals surface area contributed by atoms with Crippen LogP contribution in [0.15, 0.2) is 77.2 Å². The highest BCUT2D eigenvalue weighted by molar-refractivity contribution is 6.30. The molecular weight excluding hydrogens is 630 g/mol. The lowest BCUT2D eigenvalue weighted by molar-refractivity contribution is -0.140. The van der Waals surface area contributed by atoms with E-state index >= 15 is 0 Å². The summed E-state index contributed by atoms with van der Waals surface area (Å²) < 4.78 is 12.1. The number of amides is 2. The fourth-order valence-electron chi connectivity index (χ4n) is 6.07. The predicted octanol–water partition coefficient (Wildman–Crippen LogP) is 4.99. The first kappa shape index (κ1) is 35.2. The van der Waals surface area contributed by atoms with Crippen LogP contribution in [0, 0.1) is 6.92 Å². The quantitative estimate of drug-likeness (QED) is 0.112. The van der Waals surface area contributed by atoms with Crippen LogP contribution < -0.4 is 16.4 Å². The van der Waals surface area contributed by atoms with E-state index in [2.05, 4.69) is 15.6 Å². The maximum Gasteiger partial charge on any atom is 0.266 e. The van der Waals surface area contributed by atoms with Gasteiger partial charge in [-0.25, -0.2) is 4.98 Å². The number of aromatic nitrogens is 1. The Bertz CT molecular complexity index is 1680. The molecule has 1 saturated heterocycles. The third-order valence-corrected chi connectivity index (χ3v) is 9.05. The largest absolute Gasteiger partial charge is 0.434 e. The van der Waals surface area contributed by atoms with E-state index in [9.17, 15) is 14.4 Å². The van der Waals surface area contributed by atoms with Crippen LogP contribution in [-0.4, -0.2) is 71.8 Å². The first-order valence-electron chi connectivity index (χ1n) is 16.5. The molecule has 11 heteroatoms. The highest BCUT2D eigenvalue weighted by atomic mass is 35.5. The number of likely N-dealkylation sites (tertiary alicyclic amines) is 1. The Labute approximate surface area is 286 Å². The third-order valence-electron chi connectivity index (χ3n) is 8.79. The van der Waals surface area contributed by atoms with E-state index in [0.717, 1.165) is 16.7 Å². The van der Waals surface area contributed by atoms with Crippen LogP contribution in [0.2, 0.25) is 5.02 Å². The number of ketones is 1. The first-order chi connectivity index (χ1) is 23.2. The van der Waals surface area contributed by atoms with E-state index in [1.807, 2.05) is 61.5 Å². The van der Waals surface area contributed by atoms with Crippen molar-refractivity contribution in [3.8, 4) is 0 Å². The summed E-state index contributed by atoms with van der Waals surface area (Å²) in [7, 11) is 1.75. The summed E-state index contributed by atoms with van der Waals surface area (Å²) in [4.78, 5) is 47.9. The van der Waals surface area contributed by atoms with Gasteiger partial charge in [0.15, 0.2) is 5.58 Å². The molecule has 1 aromatic heterocycles. The van der Waals surface area contributed by atoms with E-state index in [4.69, 9.17) is 26.5 Å². The second kappa shape index (κ2) is 16.8. The van der Waals surface area contributed by atoms with Gasteiger partial charge in [-0.15, -0.1) is 0 Å². The zero-order chi connectivity index (χ0) is 34.0. The molecule has 0 saturated carbocycles. The van der Waals surface area contributed by atoms with Gasteiger partial charge in [0.05, 0.1) is 24.8 Å². The van der Waals surface area contributed by atoms with Crippen LogP contribution in [0.3, 0.4) is 0 Å². The van der Waals surface area contributed by atoms with Crippen molar-refractivity contribution in [3.05, 3.63) is 100 Å². The molecule has 5 rings (SSSR count). The predicted molar refractivity (Wildman–Crippen MR) is 186 cm³/mol. The topological polar surface area (TPSA) is 140 Å². The van der Waals surface area contributed by atoms with Crippen molar-refractivity contribution in [2.75, 3.05) is 20.1 Å². The highest BCUT2D eigenvalue weighted by Crippen LogP contribution is 2.25. The summed E-state index contributed by atoms with van der Waals surface area (Å²) in [5.41, 5.74) is 9.85. The van der Waals surface area contributed by atoms with Crippen LogP contribution in [0.5, 0.6) is 0 Å². The molecule has 0 spiro atoms. The zero-order valence-electron chi connectivity index (χ0n) is 27.5. The molecule has 3 aromatic carbocycles. The van der Waals surface area contributed by atoms with Crippen molar-refractivity contribution in [3.63, 3.8) is 0 Å². The summed E-state index contributed by atoms with van der Waals surface area (Å²) >= 11 is 6.05. The summed E-state index contributed by atoms with van der Waals surface area (Å²) in [5, 5.41) is 6.74. The number of nitrogens with one attached hydrogen (secondary N) is 2. The molecule has 4 atom stereocenters. The Balaban J connectivity index is 1.34. The lowest BCUT2D eigenvalue weighted by Crippen LogP contribution is -2.54. The number of unbranched alkanes of at least 4 members (excludes halogenated alkanes) is 1. The standard InChI is InChI=1S/C37H44ClN5O5/c1-24-11-17-29-33(20-24)48-36(42-29)34(44)30(10-6-7-19-39)41-35(45)32-21-28(47-23-26-12-15-27(38)16-13-26)22-43(32)37(46)31(40-2)18-14-25-8-4-3-5-9-25/h3-5,8-9,11-13,15-17,20,28,30-32,40H,6-7,10,14,18-19,21-23,39H2,1-2H3,(H,41,45)/t28-,30+,31-,32+/m1/s1. The van der Waals surface area contributed by atoms with Crippen molar-refractivity contribution in [1.82, 2.24) is 20.5 Å². The number of carbonyl (C=O) groups excluding carboxylic acids is 3. The molecule has 254 valence electrons. The molecule has 0 unspecified atom stereocenters. The van der Waals surface area contributed by atoms with Crippen LogP contribution in [0.1, 0.15) is 59.5 Å². The number of nitrogens with zero attached hydrogens (tertiary/aromatic N) is 2. The molecule has 0 aliphatic carbocycles. The second-order valence-corrected chi connectivity index (χ2v) is 12.8. The van der Waals surface area contributed by atoms with Gasteiger partial charge < -0.3 is 30.4 Å². The number of aryl methyl sites for hydroxylation is 2. The van der Waals surface area contributed by atoms with Gasteiger partial charge >= 0.3 is 0 Å². The van der Waals surface area contributed by atoms with E-state index < -0.39 is 35.9 Å². The maximum atomic E-state index is 14.1. The lowest BCUT2D eigenvalue weighted by atomic mass is 10.0. The normalized spacial score (nSPS) is 17.4. The summed E-state index contributed by atoms with van der Waals surface area (Å²) in [6.07, 6.45) is 2.80. The summed E-state index contributed by atoms with van der Waals surface area (Å²) in [6, 6.07) is 20.6. The van der Waals surface area contributed by atoms with Crippen LogP contribution in [0.25, 0.3) is 11.1 Å². The molecule has 0 bridgehead atoms. The molecule has 48 heavy (non-hydrogen) atoms. The fraction of sp³-hybridized carbons (Fsp3) is 0.405. The number of benzene rings is 3. The summed E-state index contributed by atoms with van der Waals surface area (Å²) in [5.74, 6) is -1.09. The van der Waals surface area contributed by atoms with Gasteiger partial charge in [-0.1, -0.05) is 60.1 Å². The number of fused-ring (bicyclic) bond motifs is 1. The van der Waals surface area contributed by atoms with Crippen molar-refractivity contribution in [2.24, 2.45) is 5.73 Å². The number of likely N-dealkylation sites (N-methyl/N-ethyl adjacent to an activating group) is 1. The number of halogens is 1. The van der Waals surface area contributed by atoms with Crippen molar-refractivity contribution in [1.29, 1.82) is 0 Å². The van der Waals surface area contributed by atoms with Gasteiger partial charge in [0.2, 0.25) is 17.6 Å². The Morgan fingerprint density at radius 1 is 1.02 bits per heavy atom. The number of Topliss-reactive ketones (excluding diaryl/α,β-unsaturated/α-hetero) is 1. The Kier molecular flexibility index (Phi) is 12.4. The number of nitrogens with two attached hydrogens (primary N) is 1. The minimum Gasteiger partial charge on any atom is -0.434 e. The molecule has 10 nitrogen and oxygen atoms in total. The van der Waals surface area contributed by atoms with E-state index in [1.54, 1.807) is 30.1 Å². The number of rotatable bonds is 16. The van der Waals surface area contributed by atoms with Gasteiger partial charge in [0, 0.05) is 18.0 Å². The molecule has 4 aromatic rings. The summed E-state index contributed by atoms with van der Waals surface area (Å²) in [6.45, 7) is 2.94. The van der Waals surface area contributed by atoms with Gasteiger partial charge in [-0.2, -0.15) is 0 Å². The van der Waals surface area contributed by atoms with Crippen molar-refractivity contribution < 1.29 is 23.5 Å². The van der Waals surface area contributed by atoms with Gasteiger partial charge in [-0.05, 0) is 93.6 Å². The zero-order valence-corrected chi connectivity index (χ0v) is 28.2. The molecule has 1 aliphatic rings. The van der Waals surface area contributed by atoms with E-state index in [0.29, 0.717) is 61.4 Å². The van der Waals surface area contributed by atoms with Crippen molar-refractivity contribution >= 4 is 40.3 Å². The molecular formula is C37H44ClN5O5. The second-order valence-electron chi connectivity index (χ2n) is 12.4. The molecule has 2 amide bonds. The van der Waals surface area contributed by atoms with Crippen LogP contribution >= 0.6 is 11.6 Å². The highest BCUT2D eigenvalue weighted by Gasteiger charge is 2.43. The Morgan fingerprint density at radius 3 is 2.52 bits per heavy atom. The van der Waals surface area contributed by atoms with Gasteiger partial charge in [-0.3, -0.25) is 14.4 Å².